The Morgan fingerprint density at radius 3 is 2.31 bits per heavy atom. The van der Waals surface area contributed by atoms with Crippen molar-refractivity contribution < 1.29 is 14.4 Å². The molecular weight excluding hydrogens is 210 g/mol. The van der Waals surface area contributed by atoms with E-state index in [9.17, 15) is 9.59 Å². The molecule has 0 spiro atoms. The van der Waals surface area contributed by atoms with Gasteiger partial charge in [-0.3, -0.25) is 14.9 Å². The Bertz CT molecular complexity index is 248. The molecule has 0 radical (unpaired) electrons. The van der Waals surface area contributed by atoms with Crippen molar-refractivity contribution in [1.29, 1.82) is 0 Å². The van der Waals surface area contributed by atoms with Gasteiger partial charge in [0.25, 0.3) is 0 Å². The highest BCUT2D eigenvalue weighted by Gasteiger charge is 2.18. The van der Waals surface area contributed by atoms with Crippen LogP contribution in [0.15, 0.2) is 0 Å². The predicted molar refractivity (Wildman–Crippen MR) is 60.7 cm³/mol. The van der Waals surface area contributed by atoms with Crippen LogP contribution in [0.5, 0.6) is 0 Å². The number of carbonyl (C=O) groups excluding carboxylic acids is 2. The van der Waals surface area contributed by atoms with Crippen LogP contribution in [-0.4, -0.2) is 30.1 Å². The zero-order chi connectivity index (χ0) is 12.8. The number of carbonyl (C=O) groups is 2. The molecule has 6 nitrogen and oxygen atoms in total. The first-order valence-corrected chi connectivity index (χ1v) is 5.28. The number of hydrogen-bond acceptors (Lipinski definition) is 4. The first-order valence-electron chi connectivity index (χ1n) is 5.28. The van der Waals surface area contributed by atoms with Gasteiger partial charge in [0, 0.05) is 6.54 Å². The summed E-state index contributed by atoms with van der Waals surface area (Å²) in [7, 11) is 0. The summed E-state index contributed by atoms with van der Waals surface area (Å²) in [4.78, 5) is 27.7. The Balaban J connectivity index is 3.95. The molecule has 0 saturated heterocycles. The molecule has 6 heteroatoms. The van der Waals surface area contributed by atoms with Crippen molar-refractivity contribution in [1.82, 2.24) is 16.1 Å². The summed E-state index contributed by atoms with van der Waals surface area (Å²) < 4.78 is 0. The van der Waals surface area contributed by atoms with Crippen LogP contribution in [0.2, 0.25) is 0 Å². The van der Waals surface area contributed by atoms with Gasteiger partial charge in [-0.15, -0.1) is 0 Å². The summed E-state index contributed by atoms with van der Waals surface area (Å²) in [5.74, 6) is -0.435. The van der Waals surface area contributed by atoms with E-state index in [0.29, 0.717) is 6.54 Å². The molecule has 0 rings (SSSR count). The van der Waals surface area contributed by atoms with E-state index >= 15 is 0 Å². The Kier molecular flexibility index (Phi) is 5.98. The van der Waals surface area contributed by atoms with Gasteiger partial charge < -0.3 is 5.32 Å². The zero-order valence-corrected chi connectivity index (χ0v) is 10.5. The Hall–Kier alpha value is -1.14. The molecule has 0 bridgehead atoms. The number of amides is 3. The molecule has 0 aromatic rings. The van der Waals surface area contributed by atoms with Crippen LogP contribution >= 0.6 is 0 Å². The summed E-state index contributed by atoms with van der Waals surface area (Å²) >= 11 is 0. The lowest BCUT2D eigenvalue weighted by Gasteiger charge is -2.22. The van der Waals surface area contributed by atoms with Crippen LogP contribution < -0.4 is 16.1 Å². The average molecular weight is 231 g/mol. The molecule has 0 aliphatic heterocycles. The molecule has 3 amide bonds. The molecule has 0 saturated carbocycles. The summed E-state index contributed by atoms with van der Waals surface area (Å²) in [5, 5.41) is 4.65. The van der Waals surface area contributed by atoms with Crippen molar-refractivity contribution in [3.05, 3.63) is 0 Å². The molecule has 0 aliphatic carbocycles. The molecule has 0 aromatic heterocycles. The second-order valence-corrected chi connectivity index (χ2v) is 4.40. The van der Waals surface area contributed by atoms with Crippen LogP contribution in [0, 0.1) is 0 Å². The van der Waals surface area contributed by atoms with E-state index in [4.69, 9.17) is 4.84 Å². The average Bonchev–Trinajstić information content (AvgIpc) is 2.13. The first kappa shape index (κ1) is 14.9. The van der Waals surface area contributed by atoms with Gasteiger partial charge in [-0.1, -0.05) is 0 Å². The van der Waals surface area contributed by atoms with Crippen LogP contribution in [0.4, 0.5) is 4.79 Å². The molecule has 16 heavy (non-hydrogen) atoms. The Morgan fingerprint density at radius 1 is 1.31 bits per heavy atom. The van der Waals surface area contributed by atoms with Crippen LogP contribution in [0.25, 0.3) is 0 Å². The van der Waals surface area contributed by atoms with Gasteiger partial charge in [0.05, 0.1) is 5.60 Å². The maximum absolute atomic E-state index is 11.4. The van der Waals surface area contributed by atoms with Crippen LogP contribution in [0.1, 0.15) is 34.6 Å². The van der Waals surface area contributed by atoms with Crippen molar-refractivity contribution in [2.75, 3.05) is 6.54 Å². The molecule has 0 aromatic carbocycles. The molecule has 0 fully saturated rings. The van der Waals surface area contributed by atoms with Crippen molar-refractivity contribution in [2.24, 2.45) is 0 Å². The van der Waals surface area contributed by atoms with Crippen molar-refractivity contribution in [2.45, 2.75) is 46.3 Å². The third-order valence-corrected chi connectivity index (χ3v) is 1.51. The number of rotatable bonds is 4. The Labute approximate surface area is 96.1 Å². The number of urea groups is 1. The molecule has 0 aliphatic rings. The minimum Gasteiger partial charge on any atom is -0.338 e. The molecule has 94 valence electrons. The molecule has 0 heterocycles. The minimum absolute atomic E-state index is 0.389. The molecule has 1 unspecified atom stereocenters. The topological polar surface area (TPSA) is 79.5 Å². The molecule has 1 atom stereocenters. The van der Waals surface area contributed by atoms with Gasteiger partial charge in [0.2, 0.25) is 5.91 Å². The third-order valence-electron chi connectivity index (χ3n) is 1.51. The highest BCUT2D eigenvalue weighted by Crippen LogP contribution is 2.04. The monoisotopic (exact) mass is 231 g/mol. The highest BCUT2D eigenvalue weighted by atomic mass is 16.7. The normalized spacial score (nSPS) is 13.1. The largest absolute Gasteiger partial charge is 0.338 e. The summed E-state index contributed by atoms with van der Waals surface area (Å²) in [5.41, 5.74) is 2.19. The number of hydrogen-bond donors (Lipinski definition) is 3. The van der Waals surface area contributed by atoms with Crippen LogP contribution in [-0.2, 0) is 9.63 Å². The lowest BCUT2D eigenvalue weighted by molar-refractivity contribution is -0.132. The first-order chi connectivity index (χ1) is 7.26. The number of imide groups is 1. The van der Waals surface area contributed by atoms with E-state index in [1.54, 1.807) is 13.8 Å². The van der Waals surface area contributed by atoms with Gasteiger partial charge >= 0.3 is 6.03 Å². The van der Waals surface area contributed by atoms with Crippen LogP contribution in [0.3, 0.4) is 0 Å². The van der Waals surface area contributed by atoms with E-state index in [0.717, 1.165) is 0 Å². The van der Waals surface area contributed by atoms with E-state index in [-0.39, 0.29) is 5.60 Å². The Morgan fingerprint density at radius 2 is 1.88 bits per heavy atom. The third kappa shape index (κ3) is 7.19. The molecule has 3 N–H and O–H groups in total. The second-order valence-electron chi connectivity index (χ2n) is 4.40. The fourth-order valence-corrected chi connectivity index (χ4v) is 0.744. The van der Waals surface area contributed by atoms with Crippen molar-refractivity contribution in [3.63, 3.8) is 0 Å². The maximum Gasteiger partial charge on any atom is 0.321 e. The smallest absolute Gasteiger partial charge is 0.321 e. The predicted octanol–water partition coefficient (Wildman–Crippen LogP) is 0.540. The van der Waals surface area contributed by atoms with Crippen molar-refractivity contribution in [3.8, 4) is 0 Å². The number of nitrogens with one attached hydrogen (secondary N) is 3. The fraction of sp³-hybridized carbons (Fsp3) is 0.800. The standard InChI is InChI=1S/C10H21N3O3/c1-6-11-9(15)12-8(14)7(2)13-16-10(3,4)5/h7,13H,6H2,1-5H3,(H2,11,12,14,15). The summed E-state index contributed by atoms with van der Waals surface area (Å²) in [6.07, 6.45) is 0. The van der Waals surface area contributed by atoms with E-state index in [1.165, 1.54) is 0 Å². The lowest BCUT2D eigenvalue weighted by Crippen LogP contribution is -2.49. The lowest BCUT2D eigenvalue weighted by atomic mass is 10.2. The quantitative estimate of drug-likeness (QED) is 0.617. The zero-order valence-electron chi connectivity index (χ0n) is 10.5. The fourth-order valence-electron chi connectivity index (χ4n) is 0.744. The van der Waals surface area contributed by atoms with E-state index in [1.807, 2.05) is 20.8 Å². The van der Waals surface area contributed by atoms with Gasteiger partial charge in [-0.2, -0.15) is 5.48 Å². The summed E-state index contributed by atoms with van der Waals surface area (Å²) in [6, 6.07) is -1.10. The minimum atomic E-state index is -0.596. The van der Waals surface area contributed by atoms with Gasteiger partial charge in [0.1, 0.15) is 6.04 Å². The van der Waals surface area contributed by atoms with E-state index < -0.39 is 18.0 Å². The number of hydroxylamine groups is 1. The highest BCUT2D eigenvalue weighted by molar-refractivity contribution is 5.96. The van der Waals surface area contributed by atoms with Crippen molar-refractivity contribution >= 4 is 11.9 Å². The SMILES string of the molecule is CCNC(=O)NC(=O)C(C)NOC(C)(C)C. The van der Waals surface area contributed by atoms with Gasteiger partial charge in [-0.25, -0.2) is 4.79 Å². The molecular formula is C10H21N3O3. The second kappa shape index (κ2) is 6.44. The maximum atomic E-state index is 11.4. The van der Waals surface area contributed by atoms with Gasteiger partial charge in [-0.05, 0) is 34.6 Å². The summed E-state index contributed by atoms with van der Waals surface area (Å²) in [6.45, 7) is 9.42. The van der Waals surface area contributed by atoms with Gasteiger partial charge in [0.15, 0.2) is 0 Å². The van der Waals surface area contributed by atoms with E-state index in [2.05, 4.69) is 16.1 Å².